The van der Waals surface area contributed by atoms with Gasteiger partial charge in [-0.2, -0.15) is 0 Å². The summed E-state index contributed by atoms with van der Waals surface area (Å²) in [6, 6.07) is 0. The molecule has 0 radical (unpaired) electrons. The Hall–Kier alpha value is -0.160. The van der Waals surface area contributed by atoms with Gasteiger partial charge in [0.15, 0.2) is 0 Å². The first-order chi connectivity index (χ1) is 7.72. The predicted octanol–water partition coefficient (Wildman–Crippen LogP) is -0.195. The summed E-state index contributed by atoms with van der Waals surface area (Å²) in [4.78, 5) is 2.36. The van der Waals surface area contributed by atoms with Gasteiger partial charge in [0.2, 0.25) is 0 Å². The minimum atomic E-state index is -0.475. The first kappa shape index (κ1) is 12.3. The molecule has 0 unspecified atom stereocenters. The van der Waals surface area contributed by atoms with Gasteiger partial charge in [-0.1, -0.05) is 0 Å². The number of nitrogens with one attached hydrogen (secondary N) is 1. The zero-order chi connectivity index (χ0) is 11.4. The highest BCUT2D eigenvalue weighted by Gasteiger charge is 2.32. The lowest BCUT2D eigenvalue weighted by Crippen LogP contribution is -2.51. The summed E-state index contributed by atoms with van der Waals surface area (Å²) >= 11 is 0. The number of hydrogen-bond donors (Lipinski definition) is 3. The molecule has 2 rings (SSSR count). The number of aliphatic hydroxyl groups is 2. The minimum Gasteiger partial charge on any atom is -0.396 e. The zero-order valence-electron chi connectivity index (χ0n) is 9.99. The first-order valence-electron chi connectivity index (χ1n) is 6.48. The molecule has 2 saturated heterocycles. The highest BCUT2D eigenvalue weighted by atomic mass is 16.3. The van der Waals surface area contributed by atoms with Crippen molar-refractivity contribution in [2.45, 2.75) is 31.3 Å². The maximum atomic E-state index is 10.4. The van der Waals surface area contributed by atoms with Crippen LogP contribution in [0, 0.1) is 5.92 Å². The summed E-state index contributed by atoms with van der Waals surface area (Å²) in [5, 5.41) is 22.8. The van der Waals surface area contributed by atoms with Crippen LogP contribution in [0.5, 0.6) is 0 Å². The predicted molar refractivity (Wildman–Crippen MR) is 63.3 cm³/mol. The third kappa shape index (κ3) is 3.17. The number of nitrogens with zero attached hydrogens (tertiary/aromatic N) is 1. The number of likely N-dealkylation sites (tertiary alicyclic amines) is 1. The molecule has 0 aromatic rings. The maximum Gasteiger partial charge on any atom is 0.0798 e. The normalized spacial score (nSPS) is 28.1. The molecule has 0 spiro atoms. The second-order valence-corrected chi connectivity index (χ2v) is 5.38. The SMILES string of the molecule is OCC1CCN(CC2(O)CCNCC2)CC1. The Kier molecular flexibility index (Phi) is 4.19. The van der Waals surface area contributed by atoms with Gasteiger partial charge in [-0.05, 0) is 57.8 Å². The van der Waals surface area contributed by atoms with Crippen molar-refractivity contribution in [2.75, 3.05) is 39.3 Å². The summed E-state index contributed by atoms with van der Waals surface area (Å²) in [7, 11) is 0. The van der Waals surface area contributed by atoms with Crippen molar-refractivity contribution >= 4 is 0 Å². The van der Waals surface area contributed by atoms with Crippen molar-refractivity contribution in [3.63, 3.8) is 0 Å². The molecule has 2 aliphatic heterocycles. The molecule has 4 nitrogen and oxygen atoms in total. The minimum absolute atomic E-state index is 0.321. The number of rotatable bonds is 3. The molecule has 0 saturated carbocycles. The van der Waals surface area contributed by atoms with Gasteiger partial charge in [-0.25, -0.2) is 0 Å². The average molecular weight is 228 g/mol. The molecule has 0 aromatic carbocycles. The zero-order valence-corrected chi connectivity index (χ0v) is 9.99. The van der Waals surface area contributed by atoms with Crippen LogP contribution in [-0.2, 0) is 0 Å². The molecule has 0 atom stereocenters. The van der Waals surface area contributed by atoms with Crippen LogP contribution in [-0.4, -0.2) is 60.0 Å². The van der Waals surface area contributed by atoms with Crippen LogP contribution in [0.3, 0.4) is 0 Å². The Bertz CT molecular complexity index is 209. The Morgan fingerprint density at radius 2 is 1.81 bits per heavy atom. The van der Waals surface area contributed by atoms with E-state index in [0.717, 1.165) is 58.4 Å². The van der Waals surface area contributed by atoms with E-state index in [2.05, 4.69) is 10.2 Å². The van der Waals surface area contributed by atoms with Gasteiger partial charge < -0.3 is 20.4 Å². The summed E-state index contributed by atoms with van der Waals surface area (Å²) in [5.74, 6) is 0.485. The number of β-amino-alcohol motifs (C(OH)–C–C–N with tert-alkyl or cyclic N) is 1. The fraction of sp³-hybridized carbons (Fsp3) is 1.00. The lowest BCUT2D eigenvalue weighted by atomic mass is 9.90. The lowest BCUT2D eigenvalue weighted by Gasteiger charge is -2.39. The quantitative estimate of drug-likeness (QED) is 0.626. The first-order valence-corrected chi connectivity index (χ1v) is 6.48. The van der Waals surface area contributed by atoms with Crippen molar-refractivity contribution in [3.8, 4) is 0 Å². The second-order valence-electron chi connectivity index (χ2n) is 5.38. The Labute approximate surface area is 97.6 Å². The van der Waals surface area contributed by atoms with E-state index < -0.39 is 5.60 Å². The van der Waals surface area contributed by atoms with E-state index >= 15 is 0 Å². The largest absolute Gasteiger partial charge is 0.396 e. The van der Waals surface area contributed by atoms with Crippen LogP contribution in [0.15, 0.2) is 0 Å². The van der Waals surface area contributed by atoms with E-state index in [1.807, 2.05) is 0 Å². The molecule has 3 N–H and O–H groups in total. The fourth-order valence-corrected chi connectivity index (χ4v) is 2.79. The van der Waals surface area contributed by atoms with Gasteiger partial charge >= 0.3 is 0 Å². The van der Waals surface area contributed by atoms with Crippen molar-refractivity contribution in [2.24, 2.45) is 5.92 Å². The third-order valence-electron chi connectivity index (χ3n) is 4.02. The van der Waals surface area contributed by atoms with E-state index in [9.17, 15) is 5.11 Å². The van der Waals surface area contributed by atoms with Crippen LogP contribution in [0.4, 0.5) is 0 Å². The fourth-order valence-electron chi connectivity index (χ4n) is 2.79. The van der Waals surface area contributed by atoms with Gasteiger partial charge in [-0.15, -0.1) is 0 Å². The molecule has 2 aliphatic rings. The molecule has 4 heteroatoms. The summed E-state index contributed by atoms with van der Waals surface area (Å²) < 4.78 is 0. The molecule has 16 heavy (non-hydrogen) atoms. The molecule has 0 amide bonds. The molecule has 0 bridgehead atoms. The van der Waals surface area contributed by atoms with Gasteiger partial charge in [-0.3, -0.25) is 0 Å². The highest BCUT2D eigenvalue weighted by molar-refractivity contribution is 4.88. The van der Waals surface area contributed by atoms with Gasteiger partial charge in [0, 0.05) is 13.2 Å². The lowest BCUT2D eigenvalue weighted by molar-refractivity contribution is -0.0293. The van der Waals surface area contributed by atoms with Crippen LogP contribution >= 0.6 is 0 Å². The average Bonchev–Trinajstić information content (AvgIpc) is 2.30. The molecule has 0 aromatic heterocycles. The molecular formula is C12H24N2O2. The van der Waals surface area contributed by atoms with E-state index in [1.165, 1.54) is 0 Å². The Morgan fingerprint density at radius 1 is 1.19 bits per heavy atom. The summed E-state index contributed by atoms with van der Waals surface area (Å²) in [6.45, 7) is 5.06. The van der Waals surface area contributed by atoms with Gasteiger partial charge in [0.1, 0.15) is 0 Å². The molecule has 0 aliphatic carbocycles. The third-order valence-corrected chi connectivity index (χ3v) is 4.02. The standard InChI is InChI=1S/C12H24N2O2/c15-9-11-1-7-14(8-2-11)10-12(16)3-5-13-6-4-12/h11,13,15-16H,1-10H2. The van der Waals surface area contributed by atoms with Crippen molar-refractivity contribution in [3.05, 3.63) is 0 Å². The van der Waals surface area contributed by atoms with Crippen molar-refractivity contribution < 1.29 is 10.2 Å². The van der Waals surface area contributed by atoms with Crippen LogP contribution in [0.2, 0.25) is 0 Å². The Balaban J connectivity index is 1.77. The van der Waals surface area contributed by atoms with Gasteiger partial charge in [0.25, 0.3) is 0 Å². The highest BCUT2D eigenvalue weighted by Crippen LogP contribution is 2.23. The van der Waals surface area contributed by atoms with E-state index in [0.29, 0.717) is 12.5 Å². The van der Waals surface area contributed by atoms with E-state index in [-0.39, 0.29) is 0 Å². The summed E-state index contributed by atoms with van der Waals surface area (Å²) in [6.07, 6.45) is 3.88. The topological polar surface area (TPSA) is 55.7 Å². The molecule has 2 fully saturated rings. The van der Waals surface area contributed by atoms with Crippen LogP contribution in [0.25, 0.3) is 0 Å². The van der Waals surface area contributed by atoms with Crippen LogP contribution < -0.4 is 5.32 Å². The molecular weight excluding hydrogens is 204 g/mol. The van der Waals surface area contributed by atoms with E-state index in [1.54, 1.807) is 0 Å². The Morgan fingerprint density at radius 3 is 2.38 bits per heavy atom. The summed E-state index contributed by atoms with van der Waals surface area (Å²) in [5.41, 5.74) is -0.475. The smallest absolute Gasteiger partial charge is 0.0798 e. The number of piperidine rings is 2. The van der Waals surface area contributed by atoms with Crippen molar-refractivity contribution in [1.82, 2.24) is 10.2 Å². The number of hydrogen-bond acceptors (Lipinski definition) is 4. The van der Waals surface area contributed by atoms with Crippen LogP contribution in [0.1, 0.15) is 25.7 Å². The second kappa shape index (κ2) is 5.45. The monoisotopic (exact) mass is 228 g/mol. The van der Waals surface area contributed by atoms with Crippen molar-refractivity contribution in [1.29, 1.82) is 0 Å². The van der Waals surface area contributed by atoms with E-state index in [4.69, 9.17) is 5.11 Å². The van der Waals surface area contributed by atoms with Gasteiger partial charge in [0.05, 0.1) is 5.60 Å². The molecule has 94 valence electrons. The number of aliphatic hydroxyl groups excluding tert-OH is 1. The molecule has 2 heterocycles. The maximum absolute atomic E-state index is 10.4.